The summed E-state index contributed by atoms with van der Waals surface area (Å²) in [7, 11) is 0. The number of ether oxygens (including phenoxy) is 1. The van der Waals surface area contributed by atoms with Crippen molar-refractivity contribution in [2.24, 2.45) is 10.1 Å². The van der Waals surface area contributed by atoms with Crippen LogP contribution in [0.4, 0.5) is 17.6 Å². The van der Waals surface area contributed by atoms with E-state index in [9.17, 15) is 22.7 Å². The molecule has 2 unspecified atom stereocenters. The molecule has 35 heavy (non-hydrogen) atoms. The van der Waals surface area contributed by atoms with Crippen LogP contribution in [0.1, 0.15) is 17.0 Å². The number of alkyl halides is 4. The predicted octanol–water partition coefficient (Wildman–Crippen LogP) is 4.51. The van der Waals surface area contributed by atoms with Gasteiger partial charge in [0.2, 0.25) is 5.96 Å². The van der Waals surface area contributed by atoms with E-state index < -0.39 is 28.9 Å². The van der Waals surface area contributed by atoms with Crippen molar-refractivity contribution < 1.29 is 27.4 Å². The van der Waals surface area contributed by atoms with E-state index in [1.54, 1.807) is 4.90 Å². The molecule has 2 aliphatic heterocycles. The molecule has 0 saturated carbocycles. The quantitative estimate of drug-likeness (QED) is 0.212. The molecule has 0 spiro atoms. The Bertz CT molecular complexity index is 1130. The second kappa shape index (κ2) is 10.6. The van der Waals surface area contributed by atoms with Gasteiger partial charge in [0.25, 0.3) is 0 Å². The number of hydrazone groups is 1. The van der Waals surface area contributed by atoms with Crippen LogP contribution < -0.4 is 10.7 Å². The minimum Gasteiger partial charge on any atom is -0.510 e. The topological polar surface area (TPSA) is 81.5 Å². The summed E-state index contributed by atoms with van der Waals surface area (Å²) in [6.07, 6.45) is -1.68. The van der Waals surface area contributed by atoms with Gasteiger partial charge in [-0.15, -0.1) is 11.6 Å². The summed E-state index contributed by atoms with van der Waals surface area (Å²) in [5, 5.41) is 16.4. The van der Waals surface area contributed by atoms with E-state index in [2.05, 4.69) is 36.8 Å². The van der Waals surface area contributed by atoms with E-state index in [1.807, 2.05) is 0 Å². The Balaban J connectivity index is 1.48. The van der Waals surface area contributed by atoms with Crippen molar-refractivity contribution in [1.29, 1.82) is 0 Å². The highest BCUT2D eigenvalue weighted by Crippen LogP contribution is 2.43. The lowest BCUT2D eigenvalue weighted by atomic mass is 9.87. The first-order chi connectivity index (χ1) is 16.6. The molecular formula is C22H21BrClF4N5O2. The number of hydrogen-bond acceptors (Lipinski definition) is 7. The van der Waals surface area contributed by atoms with Crippen molar-refractivity contribution in [3.63, 3.8) is 0 Å². The Morgan fingerprint density at radius 2 is 2.06 bits per heavy atom. The van der Waals surface area contributed by atoms with Crippen molar-refractivity contribution >= 4 is 39.7 Å². The summed E-state index contributed by atoms with van der Waals surface area (Å²) in [6, 6.07) is 4.79. The summed E-state index contributed by atoms with van der Waals surface area (Å²) < 4.78 is 59.4. The molecule has 0 amide bonds. The van der Waals surface area contributed by atoms with Crippen LogP contribution in [0.2, 0.25) is 0 Å². The molecule has 0 radical (unpaired) electrons. The van der Waals surface area contributed by atoms with Crippen molar-refractivity contribution in [3.8, 4) is 0 Å². The maximum atomic E-state index is 14.3. The van der Waals surface area contributed by atoms with Gasteiger partial charge in [-0.3, -0.25) is 0 Å². The zero-order chi connectivity index (χ0) is 25.2. The zero-order valence-electron chi connectivity index (χ0n) is 18.1. The average Bonchev–Trinajstić information content (AvgIpc) is 2.83. The van der Waals surface area contributed by atoms with Crippen molar-refractivity contribution in [2.75, 3.05) is 32.8 Å². The summed E-state index contributed by atoms with van der Waals surface area (Å²) >= 11 is 9.80. The van der Waals surface area contributed by atoms with E-state index in [0.29, 0.717) is 36.3 Å². The van der Waals surface area contributed by atoms with E-state index in [1.165, 1.54) is 24.4 Å². The Kier molecular flexibility index (Phi) is 7.72. The van der Waals surface area contributed by atoms with Gasteiger partial charge in [-0.25, -0.2) is 9.82 Å². The molecule has 0 aromatic heterocycles. The third kappa shape index (κ3) is 5.81. The number of aliphatic hydroxyl groups excluding tert-OH is 1. The molecule has 1 aliphatic carbocycles. The van der Waals surface area contributed by atoms with Gasteiger partial charge in [0, 0.05) is 29.1 Å². The third-order valence-corrected chi connectivity index (χ3v) is 6.75. The SMILES string of the molecule is OC1=C(/C=N\NC2=NC(N3CCOCC3)=C(F)CN2)C=C(Br)C(c2cccc(C(F)(F)F)c2)C1Cl. The number of halogens is 6. The lowest BCUT2D eigenvalue weighted by Crippen LogP contribution is -2.42. The highest BCUT2D eigenvalue weighted by molar-refractivity contribution is 9.11. The van der Waals surface area contributed by atoms with Gasteiger partial charge in [0.1, 0.15) is 11.1 Å². The van der Waals surface area contributed by atoms with Crippen LogP contribution in [-0.4, -0.2) is 60.4 Å². The van der Waals surface area contributed by atoms with Gasteiger partial charge < -0.3 is 20.1 Å². The van der Waals surface area contributed by atoms with E-state index in [4.69, 9.17) is 16.3 Å². The minimum atomic E-state index is -4.50. The van der Waals surface area contributed by atoms with Gasteiger partial charge in [-0.05, 0) is 17.7 Å². The van der Waals surface area contributed by atoms with Crippen LogP contribution in [0, 0.1) is 0 Å². The van der Waals surface area contributed by atoms with Gasteiger partial charge in [0.05, 0.1) is 31.5 Å². The van der Waals surface area contributed by atoms with Crippen LogP contribution in [0.5, 0.6) is 0 Å². The Morgan fingerprint density at radius 1 is 1.31 bits per heavy atom. The molecule has 2 atom stereocenters. The monoisotopic (exact) mass is 577 g/mol. The minimum absolute atomic E-state index is 0.0597. The number of aliphatic hydroxyl groups is 1. The molecule has 4 rings (SSSR count). The second-order valence-electron chi connectivity index (χ2n) is 7.88. The van der Waals surface area contributed by atoms with Crippen LogP contribution in [0.3, 0.4) is 0 Å². The first-order valence-corrected chi connectivity index (χ1v) is 11.8. The molecule has 13 heteroatoms. The smallest absolute Gasteiger partial charge is 0.416 e. The number of aliphatic imine (C=N–C) groups is 1. The summed E-state index contributed by atoms with van der Waals surface area (Å²) in [4.78, 5) is 6.02. The Hall–Kier alpha value is -2.57. The number of rotatable bonds is 4. The number of nitrogens with zero attached hydrogens (tertiary/aromatic N) is 3. The molecule has 2 heterocycles. The number of nitrogens with one attached hydrogen (secondary N) is 2. The molecule has 7 nitrogen and oxygen atoms in total. The number of benzene rings is 1. The van der Waals surface area contributed by atoms with E-state index in [-0.39, 0.29) is 29.7 Å². The fraction of sp³-hybridized carbons (Fsp3) is 0.364. The van der Waals surface area contributed by atoms with Crippen LogP contribution in [-0.2, 0) is 10.9 Å². The third-order valence-electron chi connectivity index (χ3n) is 5.57. The standard InChI is InChI=1S/C22H21BrClF4N5O2/c23-15-9-13(19(34)18(24)17(15)12-2-1-3-14(8-12)22(26,27)28)10-30-32-21-29-11-16(25)20(31-21)33-4-6-35-7-5-33/h1-3,8-10,17-18,34H,4-7,11H2,(H2,29,31,32)/b30-10-. The molecule has 1 fully saturated rings. The lowest BCUT2D eigenvalue weighted by molar-refractivity contribution is -0.137. The van der Waals surface area contributed by atoms with E-state index in [0.717, 1.165) is 12.1 Å². The summed E-state index contributed by atoms with van der Waals surface area (Å²) in [5.74, 6) is -0.949. The van der Waals surface area contributed by atoms with E-state index >= 15 is 0 Å². The fourth-order valence-electron chi connectivity index (χ4n) is 3.80. The van der Waals surface area contributed by atoms with Gasteiger partial charge in [0.15, 0.2) is 11.6 Å². The highest BCUT2D eigenvalue weighted by atomic mass is 79.9. The molecule has 3 aliphatic rings. The van der Waals surface area contributed by atoms with Gasteiger partial charge in [-0.2, -0.15) is 23.3 Å². The maximum Gasteiger partial charge on any atom is 0.416 e. The predicted molar refractivity (Wildman–Crippen MR) is 128 cm³/mol. The summed E-state index contributed by atoms with van der Waals surface area (Å²) in [5.41, 5.74) is 2.41. The number of hydrogen-bond donors (Lipinski definition) is 3. The maximum absolute atomic E-state index is 14.3. The molecule has 3 N–H and O–H groups in total. The van der Waals surface area contributed by atoms with Crippen molar-refractivity contribution in [2.45, 2.75) is 17.5 Å². The number of allylic oxidation sites excluding steroid dienone is 4. The number of guanidine groups is 1. The van der Waals surface area contributed by atoms with Crippen LogP contribution in [0.15, 0.2) is 67.9 Å². The van der Waals surface area contributed by atoms with Crippen LogP contribution >= 0.6 is 27.5 Å². The largest absolute Gasteiger partial charge is 0.510 e. The first kappa shape index (κ1) is 25.5. The fourth-order valence-corrected chi connectivity index (χ4v) is 5.14. The molecule has 1 saturated heterocycles. The number of morpholine rings is 1. The van der Waals surface area contributed by atoms with Gasteiger partial charge in [-0.1, -0.05) is 34.1 Å². The second-order valence-corrected chi connectivity index (χ2v) is 9.27. The lowest BCUT2D eigenvalue weighted by Gasteiger charge is -2.31. The first-order valence-electron chi connectivity index (χ1n) is 10.6. The van der Waals surface area contributed by atoms with Gasteiger partial charge >= 0.3 is 6.18 Å². The average molecular weight is 579 g/mol. The van der Waals surface area contributed by atoms with Crippen LogP contribution in [0.25, 0.3) is 0 Å². The summed E-state index contributed by atoms with van der Waals surface area (Å²) in [6.45, 7) is 1.95. The molecular weight excluding hydrogens is 558 g/mol. The molecule has 1 aromatic carbocycles. The highest BCUT2D eigenvalue weighted by Gasteiger charge is 2.35. The van der Waals surface area contributed by atoms with Crippen molar-refractivity contribution in [3.05, 3.63) is 68.9 Å². The molecule has 0 bridgehead atoms. The molecule has 1 aromatic rings. The molecule has 188 valence electrons. The van der Waals surface area contributed by atoms with Crippen molar-refractivity contribution in [1.82, 2.24) is 15.6 Å². The normalized spacial score (nSPS) is 23.9. The Labute approximate surface area is 212 Å². The zero-order valence-corrected chi connectivity index (χ0v) is 20.5. The Morgan fingerprint density at radius 3 is 2.77 bits per heavy atom.